The first-order valence-electron chi connectivity index (χ1n) is 7.81. The molecule has 2 unspecified atom stereocenters. The number of benzene rings is 1. The number of hydrogen-bond donors (Lipinski definition) is 2. The molecule has 0 aliphatic heterocycles. The highest BCUT2D eigenvalue weighted by Gasteiger charge is 2.18. The third kappa shape index (κ3) is 4.26. The van der Waals surface area contributed by atoms with Crippen LogP contribution in [0.1, 0.15) is 49.9 Å². The third-order valence-corrected chi connectivity index (χ3v) is 4.12. The summed E-state index contributed by atoms with van der Waals surface area (Å²) in [5.74, 6) is 1.66. The fourth-order valence-corrected chi connectivity index (χ4v) is 3.01. The van der Waals surface area contributed by atoms with Crippen molar-refractivity contribution in [3.05, 3.63) is 29.8 Å². The molecule has 1 aliphatic rings. The second kappa shape index (κ2) is 7.32. The SMILES string of the molecule is CCNC(=O)c1ccc(NCC2CCCC(C)C2)cc1. The maximum absolute atomic E-state index is 11.7. The lowest BCUT2D eigenvalue weighted by atomic mass is 9.82. The number of nitrogens with one attached hydrogen (secondary N) is 2. The van der Waals surface area contributed by atoms with Crippen LogP contribution in [0.3, 0.4) is 0 Å². The standard InChI is InChI=1S/C17H26N2O/c1-3-18-17(20)15-7-9-16(10-8-15)19-12-14-6-4-5-13(2)11-14/h7-10,13-14,19H,3-6,11-12H2,1-2H3,(H,18,20). The molecular formula is C17H26N2O. The average Bonchev–Trinajstić information content (AvgIpc) is 2.46. The highest BCUT2D eigenvalue weighted by molar-refractivity contribution is 5.94. The molecule has 3 nitrogen and oxygen atoms in total. The normalized spacial score (nSPS) is 22.3. The van der Waals surface area contributed by atoms with E-state index in [2.05, 4.69) is 17.6 Å². The Morgan fingerprint density at radius 1 is 1.25 bits per heavy atom. The van der Waals surface area contributed by atoms with Crippen molar-refractivity contribution in [2.24, 2.45) is 11.8 Å². The van der Waals surface area contributed by atoms with E-state index in [1.54, 1.807) is 0 Å². The van der Waals surface area contributed by atoms with Gasteiger partial charge in [-0.1, -0.05) is 19.8 Å². The van der Waals surface area contributed by atoms with Gasteiger partial charge in [-0.2, -0.15) is 0 Å². The van der Waals surface area contributed by atoms with Gasteiger partial charge < -0.3 is 10.6 Å². The number of carbonyl (C=O) groups excluding carboxylic acids is 1. The number of hydrogen-bond acceptors (Lipinski definition) is 2. The topological polar surface area (TPSA) is 41.1 Å². The van der Waals surface area contributed by atoms with Crippen molar-refractivity contribution in [2.75, 3.05) is 18.4 Å². The van der Waals surface area contributed by atoms with E-state index in [9.17, 15) is 4.79 Å². The van der Waals surface area contributed by atoms with Crippen LogP contribution in [0, 0.1) is 11.8 Å². The molecule has 2 rings (SSSR count). The molecule has 1 amide bonds. The van der Waals surface area contributed by atoms with Crippen LogP contribution in [0.25, 0.3) is 0 Å². The largest absolute Gasteiger partial charge is 0.385 e. The van der Waals surface area contributed by atoms with E-state index in [4.69, 9.17) is 0 Å². The van der Waals surface area contributed by atoms with Gasteiger partial charge in [0.1, 0.15) is 0 Å². The molecule has 1 saturated carbocycles. The van der Waals surface area contributed by atoms with E-state index in [0.29, 0.717) is 6.54 Å². The van der Waals surface area contributed by atoms with Gasteiger partial charge in [-0.25, -0.2) is 0 Å². The van der Waals surface area contributed by atoms with Crippen LogP contribution in [-0.4, -0.2) is 19.0 Å². The van der Waals surface area contributed by atoms with Gasteiger partial charge in [0.05, 0.1) is 0 Å². The van der Waals surface area contributed by atoms with Gasteiger partial charge in [0, 0.05) is 24.3 Å². The minimum Gasteiger partial charge on any atom is -0.385 e. The Labute approximate surface area is 122 Å². The molecule has 1 aliphatic carbocycles. The lowest BCUT2D eigenvalue weighted by Crippen LogP contribution is -2.22. The van der Waals surface area contributed by atoms with Gasteiger partial charge in [-0.15, -0.1) is 0 Å². The number of rotatable bonds is 5. The first kappa shape index (κ1) is 14.9. The molecule has 1 aromatic carbocycles. The molecule has 0 saturated heterocycles. The molecule has 0 radical (unpaired) electrons. The van der Waals surface area contributed by atoms with Crippen molar-refractivity contribution in [1.29, 1.82) is 0 Å². The molecule has 1 aromatic rings. The van der Waals surface area contributed by atoms with Crippen molar-refractivity contribution in [1.82, 2.24) is 5.32 Å². The maximum atomic E-state index is 11.7. The van der Waals surface area contributed by atoms with Crippen molar-refractivity contribution < 1.29 is 4.79 Å². The van der Waals surface area contributed by atoms with E-state index in [1.165, 1.54) is 25.7 Å². The van der Waals surface area contributed by atoms with E-state index in [-0.39, 0.29) is 5.91 Å². The number of anilines is 1. The second-order valence-corrected chi connectivity index (χ2v) is 5.96. The van der Waals surface area contributed by atoms with Gasteiger partial charge in [-0.05, 0) is 55.9 Å². The van der Waals surface area contributed by atoms with Crippen LogP contribution < -0.4 is 10.6 Å². The van der Waals surface area contributed by atoms with Crippen LogP contribution in [0.5, 0.6) is 0 Å². The van der Waals surface area contributed by atoms with Gasteiger partial charge in [-0.3, -0.25) is 4.79 Å². The zero-order valence-corrected chi connectivity index (χ0v) is 12.6. The summed E-state index contributed by atoms with van der Waals surface area (Å²) in [5, 5.41) is 6.31. The van der Waals surface area contributed by atoms with Crippen molar-refractivity contribution in [3.8, 4) is 0 Å². The number of amides is 1. The molecule has 1 fully saturated rings. The summed E-state index contributed by atoms with van der Waals surface area (Å²) in [4.78, 5) is 11.7. The Balaban J connectivity index is 1.83. The fourth-order valence-electron chi connectivity index (χ4n) is 3.01. The molecule has 3 heteroatoms. The number of carbonyl (C=O) groups is 1. The summed E-state index contributed by atoms with van der Waals surface area (Å²) in [6.45, 7) is 6.00. The first-order chi connectivity index (χ1) is 9.69. The summed E-state index contributed by atoms with van der Waals surface area (Å²) in [6.07, 6.45) is 5.43. The smallest absolute Gasteiger partial charge is 0.251 e. The fraction of sp³-hybridized carbons (Fsp3) is 0.588. The zero-order chi connectivity index (χ0) is 14.4. The summed E-state index contributed by atoms with van der Waals surface area (Å²) >= 11 is 0. The van der Waals surface area contributed by atoms with Crippen molar-refractivity contribution in [3.63, 3.8) is 0 Å². The van der Waals surface area contributed by atoms with E-state index in [1.807, 2.05) is 31.2 Å². The molecule has 0 bridgehead atoms. The van der Waals surface area contributed by atoms with Gasteiger partial charge in [0.25, 0.3) is 5.91 Å². The van der Waals surface area contributed by atoms with Gasteiger partial charge in [0.15, 0.2) is 0 Å². The Morgan fingerprint density at radius 2 is 2.00 bits per heavy atom. The molecule has 0 spiro atoms. The van der Waals surface area contributed by atoms with Crippen LogP contribution in [0.15, 0.2) is 24.3 Å². The van der Waals surface area contributed by atoms with E-state index >= 15 is 0 Å². The van der Waals surface area contributed by atoms with E-state index < -0.39 is 0 Å². The van der Waals surface area contributed by atoms with Crippen molar-refractivity contribution in [2.45, 2.75) is 39.5 Å². The quantitative estimate of drug-likeness (QED) is 0.860. The summed E-state index contributed by atoms with van der Waals surface area (Å²) < 4.78 is 0. The first-order valence-corrected chi connectivity index (χ1v) is 7.81. The highest BCUT2D eigenvalue weighted by Crippen LogP contribution is 2.28. The lowest BCUT2D eigenvalue weighted by Gasteiger charge is -2.27. The van der Waals surface area contributed by atoms with E-state index in [0.717, 1.165) is 29.6 Å². The highest BCUT2D eigenvalue weighted by atomic mass is 16.1. The molecule has 0 aromatic heterocycles. The molecular weight excluding hydrogens is 248 g/mol. The minimum absolute atomic E-state index is 0.000144. The molecule has 0 heterocycles. The predicted molar refractivity (Wildman–Crippen MR) is 84.1 cm³/mol. The van der Waals surface area contributed by atoms with Gasteiger partial charge >= 0.3 is 0 Å². The van der Waals surface area contributed by atoms with Crippen LogP contribution >= 0.6 is 0 Å². The predicted octanol–water partition coefficient (Wildman–Crippen LogP) is 3.67. The Hall–Kier alpha value is -1.51. The molecule has 20 heavy (non-hydrogen) atoms. The minimum atomic E-state index is 0.000144. The Kier molecular flexibility index (Phi) is 5.45. The van der Waals surface area contributed by atoms with Crippen LogP contribution in [0.2, 0.25) is 0 Å². The summed E-state index contributed by atoms with van der Waals surface area (Å²) in [7, 11) is 0. The Morgan fingerprint density at radius 3 is 2.65 bits per heavy atom. The Bertz CT molecular complexity index is 427. The third-order valence-electron chi connectivity index (χ3n) is 4.12. The molecule has 110 valence electrons. The van der Waals surface area contributed by atoms with Crippen LogP contribution in [-0.2, 0) is 0 Å². The molecule has 2 N–H and O–H groups in total. The monoisotopic (exact) mass is 274 g/mol. The molecule has 2 atom stereocenters. The summed E-state index contributed by atoms with van der Waals surface area (Å²) in [6, 6.07) is 7.77. The average molecular weight is 274 g/mol. The van der Waals surface area contributed by atoms with Crippen LogP contribution in [0.4, 0.5) is 5.69 Å². The van der Waals surface area contributed by atoms with Crippen molar-refractivity contribution >= 4 is 11.6 Å². The summed E-state index contributed by atoms with van der Waals surface area (Å²) in [5.41, 5.74) is 1.83. The van der Waals surface area contributed by atoms with Gasteiger partial charge in [0.2, 0.25) is 0 Å². The maximum Gasteiger partial charge on any atom is 0.251 e. The second-order valence-electron chi connectivity index (χ2n) is 5.96. The zero-order valence-electron chi connectivity index (χ0n) is 12.6. The lowest BCUT2D eigenvalue weighted by molar-refractivity contribution is 0.0956.